The fourth-order valence-electron chi connectivity index (χ4n) is 3.95. The third-order valence-electron chi connectivity index (χ3n) is 5.36. The molecule has 154 valence electrons. The summed E-state index contributed by atoms with van der Waals surface area (Å²) in [6.45, 7) is 4.78. The number of thiophene rings is 1. The summed E-state index contributed by atoms with van der Waals surface area (Å²) in [5.74, 6) is -1.07. The molecule has 1 aliphatic carbocycles. The van der Waals surface area contributed by atoms with Crippen molar-refractivity contribution in [3.05, 3.63) is 16.0 Å². The number of aryl methyl sites for hydroxylation is 1. The number of hydrogen-bond acceptors (Lipinski definition) is 6. The van der Waals surface area contributed by atoms with Gasteiger partial charge in [-0.2, -0.15) is 0 Å². The molecule has 2 atom stereocenters. The molecule has 2 heterocycles. The Hall–Kier alpha value is -1.93. The number of fused-ring (bicyclic) bond motifs is 1. The molecule has 0 radical (unpaired) electrons. The molecule has 0 unspecified atom stereocenters. The predicted octanol–water partition coefficient (Wildman–Crippen LogP) is 2.63. The largest absolute Gasteiger partial charge is 0.462 e. The van der Waals surface area contributed by atoms with Gasteiger partial charge >= 0.3 is 5.97 Å². The first-order valence-corrected chi connectivity index (χ1v) is 10.7. The van der Waals surface area contributed by atoms with E-state index < -0.39 is 5.92 Å². The Labute approximate surface area is 169 Å². The first-order chi connectivity index (χ1) is 13.5. The summed E-state index contributed by atoms with van der Waals surface area (Å²) >= 11 is 1.47. The number of carbonyl (C=O) groups excluding carboxylic acids is 3. The van der Waals surface area contributed by atoms with Crippen LogP contribution < -0.4 is 5.32 Å². The number of methoxy groups -OCH3 is 1. The lowest BCUT2D eigenvalue weighted by molar-refractivity contribution is -0.130. The smallest absolute Gasteiger partial charge is 0.341 e. The van der Waals surface area contributed by atoms with Gasteiger partial charge in [0.2, 0.25) is 11.8 Å². The first kappa shape index (κ1) is 20.8. The van der Waals surface area contributed by atoms with Crippen LogP contribution in [-0.2, 0) is 31.9 Å². The Kier molecular flexibility index (Phi) is 6.72. The lowest BCUT2D eigenvalue weighted by Crippen LogP contribution is -2.38. The van der Waals surface area contributed by atoms with E-state index in [0.29, 0.717) is 30.3 Å². The van der Waals surface area contributed by atoms with Gasteiger partial charge in [0.25, 0.3) is 0 Å². The summed E-state index contributed by atoms with van der Waals surface area (Å²) in [5.41, 5.74) is 1.52. The maximum atomic E-state index is 12.9. The lowest BCUT2D eigenvalue weighted by atomic mass is 9.95. The van der Waals surface area contributed by atoms with Crippen LogP contribution in [0.5, 0.6) is 0 Å². The second-order valence-electron chi connectivity index (χ2n) is 7.38. The second kappa shape index (κ2) is 9.05. The van der Waals surface area contributed by atoms with Crippen LogP contribution in [0.4, 0.5) is 5.00 Å². The van der Waals surface area contributed by atoms with Crippen LogP contribution in [0.25, 0.3) is 0 Å². The van der Waals surface area contributed by atoms with Crippen LogP contribution in [0.3, 0.4) is 0 Å². The lowest BCUT2D eigenvalue weighted by Gasteiger charge is -2.23. The molecule has 0 spiro atoms. The van der Waals surface area contributed by atoms with Gasteiger partial charge in [0.1, 0.15) is 5.00 Å². The van der Waals surface area contributed by atoms with Gasteiger partial charge < -0.3 is 19.7 Å². The van der Waals surface area contributed by atoms with Gasteiger partial charge in [-0.25, -0.2) is 4.79 Å². The van der Waals surface area contributed by atoms with Crippen molar-refractivity contribution in [2.45, 2.75) is 52.0 Å². The summed E-state index contributed by atoms with van der Waals surface area (Å²) in [6.07, 6.45) is 4.06. The molecular weight excluding hydrogens is 380 g/mol. The van der Waals surface area contributed by atoms with Crippen LogP contribution in [-0.4, -0.2) is 55.6 Å². The average molecular weight is 409 g/mol. The van der Waals surface area contributed by atoms with Gasteiger partial charge in [-0.15, -0.1) is 11.3 Å². The monoisotopic (exact) mass is 408 g/mol. The second-order valence-corrected chi connectivity index (χ2v) is 8.48. The Balaban J connectivity index is 1.76. The fourth-order valence-corrected chi connectivity index (χ4v) is 5.23. The van der Waals surface area contributed by atoms with E-state index in [1.165, 1.54) is 11.3 Å². The molecule has 1 fully saturated rings. The fraction of sp³-hybridized carbons (Fsp3) is 0.650. The maximum Gasteiger partial charge on any atom is 0.341 e. The van der Waals surface area contributed by atoms with Crippen molar-refractivity contribution in [1.82, 2.24) is 4.90 Å². The van der Waals surface area contributed by atoms with Crippen molar-refractivity contribution in [3.8, 4) is 0 Å². The Morgan fingerprint density at radius 1 is 1.32 bits per heavy atom. The van der Waals surface area contributed by atoms with E-state index in [9.17, 15) is 14.4 Å². The highest BCUT2D eigenvalue weighted by Crippen LogP contribution is 2.39. The van der Waals surface area contributed by atoms with Crippen LogP contribution in [0.2, 0.25) is 0 Å². The molecule has 1 aromatic heterocycles. The molecule has 0 saturated carbocycles. The quantitative estimate of drug-likeness (QED) is 0.701. The third-order valence-corrected chi connectivity index (χ3v) is 6.56. The minimum Gasteiger partial charge on any atom is -0.462 e. The van der Waals surface area contributed by atoms with Gasteiger partial charge in [-0.05, 0) is 45.1 Å². The summed E-state index contributed by atoms with van der Waals surface area (Å²) in [4.78, 5) is 40.5. The molecule has 8 heteroatoms. The van der Waals surface area contributed by atoms with Crippen molar-refractivity contribution < 1.29 is 23.9 Å². The average Bonchev–Trinajstić information content (AvgIpc) is 3.22. The Morgan fingerprint density at radius 2 is 2.07 bits per heavy atom. The molecule has 7 nitrogen and oxygen atoms in total. The Bertz CT molecular complexity index is 760. The highest BCUT2D eigenvalue weighted by atomic mass is 32.1. The van der Waals surface area contributed by atoms with Crippen LogP contribution in [0, 0.1) is 5.92 Å². The van der Waals surface area contributed by atoms with Crippen molar-refractivity contribution in [2.24, 2.45) is 5.92 Å². The van der Waals surface area contributed by atoms with E-state index in [1.54, 1.807) is 18.9 Å². The zero-order chi connectivity index (χ0) is 20.3. The standard InChI is InChI=1S/C20H28N2O5S/c1-4-27-20(25)17-14-7-5-6-8-15(14)28-19(17)21-18(24)13-9-16(23)22(10-13)12(2)11-26-3/h12-13H,4-11H2,1-3H3,(H,21,24)/t12-,13+/m1/s1. The van der Waals surface area contributed by atoms with E-state index in [-0.39, 0.29) is 30.2 Å². The number of nitrogens with zero attached hydrogens (tertiary/aromatic N) is 1. The summed E-state index contributed by atoms with van der Waals surface area (Å²) in [7, 11) is 1.59. The number of amides is 2. The highest BCUT2D eigenvalue weighted by molar-refractivity contribution is 7.17. The molecule has 28 heavy (non-hydrogen) atoms. The summed E-state index contributed by atoms with van der Waals surface area (Å²) in [6, 6.07) is -0.0700. The molecular formula is C20H28N2O5S. The maximum absolute atomic E-state index is 12.9. The third kappa shape index (κ3) is 4.22. The van der Waals surface area contributed by atoms with Crippen LogP contribution >= 0.6 is 11.3 Å². The van der Waals surface area contributed by atoms with Crippen molar-refractivity contribution in [3.63, 3.8) is 0 Å². The first-order valence-electron chi connectivity index (χ1n) is 9.87. The molecule has 2 amide bonds. The van der Waals surface area contributed by atoms with Crippen molar-refractivity contribution in [1.29, 1.82) is 0 Å². The van der Waals surface area contributed by atoms with Crippen LogP contribution in [0.15, 0.2) is 0 Å². The van der Waals surface area contributed by atoms with Crippen molar-refractivity contribution in [2.75, 3.05) is 32.2 Å². The van der Waals surface area contributed by atoms with E-state index in [2.05, 4.69) is 5.32 Å². The molecule has 1 saturated heterocycles. The van der Waals surface area contributed by atoms with Gasteiger partial charge in [0, 0.05) is 25.0 Å². The minimum atomic E-state index is -0.430. The predicted molar refractivity (Wildman–Crippen MR) is 107 cm³/mol. The molecule has 1 N–H and O–H groups in total. The number of likely N-dealkylation sites (tertiary alicyclic amines) is 1. The summed E-state index contributed by atoms with van der Waals surface area (Å²) in [5, 5.41) is 3.49. The van der Waals surface area contributed by atoms with E-state index in [4.69, 9.17) is 9.47 Å². The molecule has 1 aliphatic heterocycles. The molecule has 0 aromatic carbocycles. The number of esters is 1. The SMILES string of the molecule is CCOC(=O)c1c(NC(=O)[C@H]2CC(=O)N([C@H](C)COC)C2)sc2c1CCCC2. The van der Waals surface area contributed by atoms with Crippen molar-refractivity contribution >= 4 is 34.1 Å². The van der Waals surface area contributed by atoms with E-state index in [1.807, 2.05) is 6.92 Å². The number of ether oxygens (including phenoxy) is 2. The number of nitrogens with one attached hydrogen (secondary N) is 1. The number of rotatable bonds is 7. The topological polar surface area (TPSA) is 84.9 Å². The number of carbonyl (C=O) groups is 3. The molecule has 3 rings (SSSR count). The zero-order valence-corrected chi connectivity index (χ0v) is 17.5. The van der Waals surface area contributed by atoms with Crippen LogP contribution in [0.1, 0.15) is 53.9 Å². The van der Waals surface area contributed by atoms with Gasteiger partial charge in [-0.3, -0.25) is 9.59 Å². The summed E-state index contributed by atoms with van der Waals surface area (Å²) < 4.78 is 10.4. The van der Waals surface area contributed by atoms with Gasteiger partial charge in [0.05, 0.1) is 30.7 Å². The van der Waals surface area contributed by atoms with E-state index >= 15 is 0 Å². The number of hydrogen-bond donors (Lipinski definition) is 1. The Morgan fingerprint density at radius 3 is 2.79 bits per heavy atom. The molecule has 1 aromatic rings. The highest BCUT2D eigenvalue weighted by Gasteiger charge is 2.37. The van der Waals surface area contributed by atoms with Gasteiger partial charge in [-0.1, -0.05) is 0 Å². The van der Waals surface area contributed by atoms with E-state index in [0.717, 1.165) is 36.1 Å². The minimum absolute atomic E-state index is 0.0409. The number of anilines is 1. The molecule has 2 aliphatic rings. The molecule has 0 bridgehead atoms. The normalized spacial score (nSPS) is 20.0. The zero-order valence-electron chi connectivity index (χ0n) is 16.7. The van der Waals surface area contributed by atoms with Gasteiger partial charge in [0.15, 0.2) is 0 Å².